The predicted molar refractivity (Wildman–Crippen MR) is 83.9 cm³/mol. The van der Waals surface area contributed by atoms with Gasteiger partial charge in [-0.3, -0.25) is 4.79 Å². The molecule has 0 aliphatic carbocycles. The van der Waals surface area contributed by atoms with Crippen molar-refractivity contribution in [3.8, 4) is 22.6 Å². The topological polar surface area (TPSA) is 42.2 Å². The minimum Gasteiger partial charge on any atom is -0.503 e. The molecule has 104 valence electrons. The summed E-state index contributed by atoms with van der Waals surface area (Å²) in [6.45, 7) is 1.84. The van der Waals surface area contributed by atoms with Gasteiger partial charge in [-0.15, -0.1) is 0 Å². The van der Waals surface area contributed by atoms with Crippen LogP contribution in [-0.2, 0) is 0 Å². The van der Waals surface area contributed by atoms with Crippen LogP contribution in [0.25, 0.3) is 16.8 Å². The van der Waals surface area contributed by atoms with Crippen LogP contribution in [0.15, 0.2) is 71.7 Å². The molecule has 0 aliphatic heterocycles. The van der Waals surface area contributed by atoms with E-state index in [1.165, 1.54) is 12.3 Å². The van der Waals surface area contributed by atoms with Crippen molar-refractivity contribution >= 4 is 0 Å². The molecule has 0 unspecified atom stereocenters. The van der Waals surface area contributed by atoms with Gasteiger partial charge in [0, 0.05) is 17.4 Å². The molecule has 3 heteroatoms. The molecular formula is C18H15NO2. The predicted octanol–water partition coefficient (Wildman–Crippen LogP) is 3.52. The lowest BCUT2D eigenvalue weighted by Gasteiger charge is -2.11. The van der Waals surface area contributed by atoms with Crippen molar-refractivity contribution < 1.29 is 5.11 Å². The lowest BCUT2D eigenvalue weighted by atomic mass is 10.1. The first-order valence-corrected chi connectivity index (χ1v) is 6.73. The Morgan fingerprint density at radius 2 is 1.52 bits per heavy atom. The molecule has 0 radical (unpaired) electrons. The first-order valence-electron chi connectivity index (χ1n) is 6.73. The molecule has 0 saturated carbocycles. The van der Waals surface area contributed by atoms with E-state index in [1.54, 1.807) is 4.57 Å². The molecule has 21 heavy (non-hydrogen) atoms. The fourth-order valence-electron chi connectivity index (χ4n) is 2.34. The van der Waals surface area contributed by atoms with E-state index in [2.05, 4.69) is 12.1 Å². The van der Waals surface area contributed by atoms with Crippen molar-refractivity contribution in [2.45, 2.75) is 6.92 Å². The van der Waals surface area contributed by atoms with Gasteiger partial charge in [-0.25, -0.2) is 0 Å². The van der Waals surface area contributed by atoms with E-state index in [9.17, 15) is 9.90 Å². The van der Waals surface area contributed by atoms with Gasteiger partial charge in [-0.05, 0) is 30.2 Å². The van der Waals surface area contributed by atoms with Crippen LogP contribution in [0, 0.1) is 6.92 Å². The lowest BCUT2D eigenvalue weighted by Crippen LogP contribution is -2.07. The molecule has 0 atom stereocenters. The molecule has 1 aromatic heterocycles. The number of hydrogen-bond donors (Lipinski definition) is 1. The van der Waals surface area contributed by atoms with Gasteiger partial charge in [0.15, 0.2) is 5.75 Å². The maximum Gasteiger partial charge on any atom is 0.223 e. The van der Waals surface area contributed by atoms with Crippen LogP contribution in [0.3, 0.4) is 0 Å². The maximum absolute atomic E-state index is 11.4. The number of aromatic nitrogens is 1. The standard InChI is InChI=1S/C18H15NO2/c1-13-11-17(20)18(21)12-19(13)16-9-7-15(8-10-16)14-5-3-2-4-6-14/h2-12,21H,1H3. The zero-order valence-corrected chi connectivity index (χ0v) is 11.7. The first-order chi connectivity index (χ1) is 10.1. The zero-order valence-electron chi connectivity index (χ0n) is 11.7. The van der Waals surface area contributed by atoms with Crippen LogP contribution in [0.2, 0.25) is 0 Å². The summed E-state index contributed by atoms with van der Waals surface area (Å²) >= 11 is 0. The summed E-state index contributed by atoms with van der Waals surface area (Å²) < 4.78 is 1.80. The van der Waals surface area contributed by atoms with Crippen molar-refractivity contribution in [1.82, 2.24) is 4.57 Å². The Kier molecular flexibility index (Phi) is 3.32. The number of rotatable bonds is 2. The summed E-state index contributed by atoms with van der Waals surface area (Å²) in [5.74, 6) is -0.243. The third-order valence-corrected chi connectivity index (χ3v) is 3.48. The molecule has 1 N–H and O–H groups in total. The minimum absolute atomic E-state index is 0.243. The van der Waals surface area contributed by atoms with E-state index in [1.807, 2.05) is 49.4 Å². The normalized spacial score (nSPS) is 10.5. The highest BCUT2D eigenvalue weighted by atomic mass is 16.3. The summed E-state index contributed by atoms with van der Waals surface area (Å²) in [5, 5.41) is 9.59. The van der Waals surface area contributed by atoms with Gasteiger partial charge < -0.3 is 9.67 Å². The van der Waals surface area contributed by atoms with Crippen LogP contribution in [0.5, 0.6) is 5.75 Å². The molecule has 0 aliphatic rings. The number of hydrogen-bond acceptors (Lipinski definition) is 2. The first kappa shape index (κ1) is 13.2. The van der Waals surface area contributed by atoms with E-state index in [0.29, 0.717) is 0 Å². The highest BCUT2D eigenvalue weighted by molar-refractivity contribution is 5.64. The number of nitrogens with zero attached hydrogens (tertiary/aromatic N) is 1. The summed E-state index contributed by atoms with van der Waals surface area (Å²) in [6, 6.07) is 19.6. The molecule has 0 amide bonds. The molecule has 2 aromatic carbocycles. The van der Waals surface area contributed by atoms with Gasteiger partial charge in [0.05, 0.1) is 6.20 Å². The molecule has 0 spiro atoms. The van der Waals surface area contributed by atoms with Crippen molar-refractivity contribution in [2.75, 3.05) is 0 Å². The molecule has 0 saturated heterocycles. The van der Waals surface area contributed by atoms with Gasteiger partial charge in [-0.1, -0.05) is 42.5 Å². The number of aromatic hydroxyl groups is 1. The molecule has 1 heterocycles. The summed E-state index contributed by atoms with van der Waals surface area (Å²) in [7, 11) is 0. The van der Waals surface area contributed by atoms with Gasteiger partial charge in [0.2, 0.25) is 5.43 Å². The molecule has 0 bridgehead atoms. The zero-order chi connectivity index (χ0) is 14.8. The average Bonchev–Trinajstić information content (AvgIpc) is 2.52. The second-order valence-corrected chi connectivity index (χ2v) is 4.95. The highest BCUT2D eigenvalue weighted by Gasteiger charge is 2.04. The van der Waals surface area contributed by atoms with Crippen LogP contribution in [0.4, 0.5) is 0 Å². The Labute approximate surface area is 122 Å². The summed E-state index contributed by atoms with van der Waals surface area (Å²) in [5.41, 5.74) is 3.61. The summed E-state index contributed by atoms with van der Waals surface area (Å²) in [6.07, 6.45) is 1.45. The molecule has 3 nitrogen and oxygen atoms in total. The molecule has 3 rings (SSSR count). The highest BCUT2D eigenvalue weighted by Crippen LogP contribution is 2.21. The van der Waals surface area contributed by atoms with Crippen molar-refractivity contribution in [1.29, 1.82) is 0 Å². The fraction of sp³-hybridized carbons (Fsp3) is 0.0556. The lowest BCUT2D eigenvalue weighted by molar-refractivity contribution is 0.465. The largest absolute Gasteiger partial charge is 0.503 e. The molecule has 3 aromatic rings. The Morgan fingerprint density at radius 3 is 2.19 bits per heavy atom. The van der Waals surface area contributed by atoms with Crippen molar-refractivity contribution in [2.24, 2.45) is 0 Å². The number of benzene rings is 2. The third kappa shape index (κ3) is 2.58. The average molecular weight is 277 g/mol. The van der Waals surface area contributed by atoms with E-state index in [-0.39, 0.29) is 11.2 Å². The number of pyridine rings is 1. The summed E-state index contributed by atoms with van der Waals surface area (Å²) in [4.78, 5) is 11.4. The minimum atomic E-state index is -0.357. The second-order valence-electron chi connectivity index (χ2n) is 4.95. The van der Waals surface area contributed by atoms with Crippen molar-refractivity contribution in [3.63, 3.8) is 0 Å². The second kappa shape index (κ2) is 5.29. The van der Waals surface area contributed by atoms with E-state index in [0.717, 1.165) is 22.5 Å². The van der Waals surface area contributed by atoms with Crippen molar-refractivity contribution in [3.05, 3.63) is 82.8 Å². The van der Waals surface area contributed by atoms with Crippen LogP contribution >= 0.6 is 0 Å². The van der Waals surface area contributed by atoms with Gasteiger partial charge in [-0.2, -0.15) is 0 Å². The maximum atomic E-state index is 11.4. The van der Waals surface area contributed by atoms with Gasteiger partial charge >= 0.3 is 0 Å². The van der Waals surface area contributed by atoms with Crippen LogP contribution < -0.4 is 5.43 Å². The Balaban J connectivity index is 2.02. The molecular weight excluding hydrogens is 262 g/mol. The van der Waals surface area contributed by atoms with E-state index >= 15 is 0 Å². The third-order valence-electron chi connectivity index (χ3n) is 3.48. The monoisotopic (exact) mass is 277 g/mol. The van der Waals surface area contributed by atoms with Gasteiger partial charge in [0.25, 0.3) is 0 Å². The van der Waals surface area contributed by atoms with E-state index in [4.69, 9.17) is 0 Å². The van der Waals surface area contributed by atoms with E-state index < -0.39 is 0 Å². The van der Waals surface area contributed by atoms with Gasteiger partial charge in [0.1, 0.15) is 0 Å². The van der Waals surface area contributed by atoms with Crippen LogP contribution in [0.1, 0.15) is 5.69 Å². The smallest absolute Gasteiger partial charge is 0.223 e. The fourth-order valence-corrected chi connectivity index (χ4v) is 2.34. The molecule has 0 fully saturated rings. The quantitative estimate of drug-likeness (QED) is 0.778. The Hall–Kier alpha value is -2.81. The van der Waals surface area contributed by atoms with Crippen LogP contribution in [-0.4, -0.2) is 9.67 Å². The Bertz CT molecular complexity index is 818. The number of aryl methyl sites for hydroxylation is 1. The Morgan fingerprint density at radius 1 is 0.905 bits per heavy atom. The SMILES string of the molecule is Cc1cc(=O)c(O)cn1-c1ccc(-c2ccccc2)cc1.